The van der Waals surface area contributed by atoms with Crippen molar-refractivity contribution < 1.29 is 19.1 Å². The number of ether oxygens (including phenoxy) is 2. The molecule has 1 amide bonds. The number of methoxy groups -OCH3 is 1. The molecule has 1 aromatic heterocycles. The van der Waals surface area contributed by atoms with Gasteiger partial charge in [-0.3, -0.25) is 4.79 Å². The van der Waals surface area contributed by atoms with Gasteiger partial charge in [-0.05, 0) is 41.7 Å². The van der Waals surface area contributed by atoms with Crippen LogP contribution in [-0.2, 0) is 22.4 Å². The number of amides is 1. The lowest BCUT2D eigenvalue weighted by molar-refractivity contribution is -0.118. The van der Waals surface area contributed by atoms with Crippen LogP contribution in [-0.4, -0.2) is 25.6 Å². The van der Waals surface area contributed by atoms with E-state index < -0.39 is 5.97 Å². The highest BCUT2D eigenvalue weighted by atomic mass is 32.1. The Labute approximate surface area is 180 Å². The van der Waals surface area contributed by atoms with Crippen molar-refractivity contribution in [2.45, 2.75) is 26.7 Å². The van der Waals surface area contributed by atoms with Gasteiger partial charge in [-0.2, -0.15) is 0 Å². The van der Waals surface area contributed by atoms with Crippen molar-refractivity contribution in [3.05, 3.63) is 70.6 Å². The van der Waals surface area contributed by atoms with Gasteiger partial charge in [0.1, 0.15) is 16.3 Å². The largest absolute Gasteiger partial charge is 0.484 e. The molecule has 3 aromatic rings. The van der Waals surface area contributed by atoms with Crippen molar-refractivity contribution in [3.8, 4) is 16.9 Å². The number of aryl methyl sites for hydroxylation is 2. The minimum atomic E-state index is -0.488. The molecule has 0 fully saturated rings. The predicted molar refractivity (Wildman–Crippen MR) is 120 cm³/mol. The lowest BCUT2D eigenvalue weighted by Crippen LogP contribution is -2.21. The van der Waals surface area contributed by atoms with Gasteiger partial charge in [0.15, 0.2) is 6.61 Å². The topological polar surface area (TPSA) is 64.6 Å². The van der Waals surface area contributed by atoms with Crippen molar-refractivity contribution in [1.82, 2.24) is 0 Å². The highest BCUT2D eigenvalue weighted by molar-refractivity contribution is 7.15. The molecule has 3 rings (SSSR count). The molecule has 0 atom stereocenters. The summed E-state index contributed by atoms with van der Waals surface area (Å²) in [7, 11) is 1.33. The molecule has 0 saturated carbocycles. The quantitative estimate of drug-likeness (QED) is 0.497. The first-order valence-electron chi connectivity index (χ1n) is 9.86. The first-order valence-corrected chi connectivity index (χ1v) is 10.7. The lowest BCUT2D eigenvalue weighted by Gasteiger charge is -2.10. The van der Waals surface area contributed by atoms with Crippen LogP contribution in [0.15, 0.2) is 53.9 Å². The van der Waals surface area contributed by atoms with E-state index in [1.165, 1.54) is 24.0 Å². The molecule has 0 saturated heterocycles. The molecule has 2 aromatic carbocycles. The molecule has 0 radical (unpaired) electrons. The van der Waals surface area contributed by atoms with E-state index in [1.54, 1.807) is 0 Å². The van der Waals surface area contributed by atoms with Gasteiger partial charge < -0.3 is 14.8 Å². The average molecular weight is 424 g/mol. The summed E-state index contributed by atoms with van der Waals surface area (Å²) >= 11 is 1.29. The number of carbonyl (C=O) groups excluding carboxylic acids is 2. The molecular formula is C24H25NO4S. The first kappa shape index (κ1) is 21.6. The molecule has 0 aliphatic carbocycles. The summed E-state index contributed by atoms with van der Waals surface area (Å²) in [6, 6.07) is 15.7. The molecule has 6 heteroatoms. The summed E-state index contributed by atoms with van der Waals surface area (Å²) in [4.78, 5) is 24.9. The number of esters is 1. The van der Waals surface area contributed by atoms with E-state index in [2.05, 4.69) is 19.2 Å². The van der Waals surface area contributed by atoms with Gasteiger partial charge in [-0.1, -0.05) is 50.2 Å². The van der Waals surface area contributed by atoms with Crippen LogP contribution in [0.1, 0.15) is 35.3 Å². The summed E-state index contributed by atoms with van der Waals surface area (Å²) < 4.78 is 10.6. The zero-order valence-corrected chi connectivity index (χ0v) is 18.2. The van der Waals surface area contributed by atoms with Crippen LogP contribution in [0.4, 0.5) is 5.00 Å². The van der Waals surface area contributed by atoms with Crippen LogP contribution in [0, 0.1) is 0 Å². The third-order valence-corrected chi connectivity index (χ3v) is 5.68. The Morgan fingerprint density at radius 3 is 2.40 bits per heavy atom. The van der Waals surface area contributed by atoms with Crippen LogP contribution >= 0.6 is 11.3 Å². The Morgan fingerprint density at radius 2 is 1.73 bits per heavy atom. The SMILES string of the molecule is CCc1ccc(-c2csc(NC(=O)COc3cccc(CC)c3)c2C(=O)OC)cc1. The fourth-order valence-corrected chi connectivity index (χ4v) is 4.03. The Hall–Kier alpha value is -3.12. The van der Waals surface area contributed by atoms with E-state index in [0.29, 0.717) is 16.3 Å². The van der Waals surface area contributed by atoms with E-state index in [4.69, 9.17) is 9.47 Å². The molecular weight excluding hydrogens is 398 g/mol. The summed E-state index contributed by atoms with van der Waals surface area (Å²) in [5.74, 6) is -0.185. The summed E-state index contributed by atoms with van der Waals surface area (Å²) in [6.07, 6.45) is 1.83. The summed E-state index contributed by atoms with van der Waals surface area (Å²) in [5.41, 5.74) is 4.34. The van der Waals surface area contributed by atoms with Gasteiger partial charge in [-0.25, -0.2) is 4.79 Å². The number of anilines is 1. The van der Waals surface area contributed by atoms with E-state index in [9.17, 15) is 9.59 Å². The van der Waals surface area contributed by atoms with Crippen molar-refractivity contribution in [2.75, 3.05) is 19.0 Å². The van der Waals surface area contributed by atoms with Gasteiger partial charge >= 0.3 is 5.97 Å². The Kier molecular flexibility index (Phi) is 7.25. The maximum atomic E-state index is 12.5. The van der Waals surface area contributed by atoms with Crippen LogP contribution in [0.5, 0.6) is 5.75 Å². The van der Waals surface area contributed by atoms with Crippen molar-refractivity contribution in [3.63, 3.8) is 0 Å². The van der Waals surface area contributed by atoms with Gasteiger partial charge in [0.25, 0.3) is 5.91 Å². The number of hydrogen-bond donors (Lipinski definition) is 1. The fourth-order valence-electron chi connectivity index (χ4n) is 3.05. The highest BCUT2D eigenvalue weighted by Gasteiger charge is 2.22. The lowest BCUT2D eigenvalue weighted by atomic mass is 10.0. The second-order valence-electron chi connectivity index (χ2n) is 6.73. The van der Waals surface area contributed by atoms with Gasteiger partial charge in [0.05, 0.1) is 7.11 Å². The molecule has 156 valence electrons. The molecule has 30 heavy (non-hydrogen) atoms. The monoisotopic (exact) mass is 423 g/mol. The molecule has 0 unspecified atom stereocenters. The van der Waals surface area contributed by atoms with Crippen LogP contribution in [0.25, 0.3) is 11.1 Å². The minimum absolute atomic E-state index is 0.147. The Balaban J connectivity index is 1.76. The van der Waals surface area contributed by atoms with Crippen molar-refractivity contribution in [2.24, 2.45) is 0 Å². The van der Waals surface area contributed by atoms with Gasteiger partial charge in [0, 0.05) is 10.9 Å². The Morgan fingerprint density at radius 1 is 1.00 bits per heavy atom. The fraction of sp³-hybridized carbons (Fsp3) is 0.250. The Bertz CT molecular complexity index is 1020. The number of thiophene rings is 1. The summed E-state index contributed by atoms with van der Waals surface area (Å²) in [5, 5.41) is 5.10. The standard InChI is InChI=1S/C24H25NO4S/c1-4-16-9-11-18(12-10-16)20-15-30-23(22(20)24(27)28-3)25-21(26)14-29-19-8-6-7-17(5-2)13-19/h6-13,15H,4-5,14H2,1-3H3,(H,25,26). The number of hydrogen-bond acceptors (Lipinski definition) is 5. The number of rotatable bonds is 8. The van der Waals surface area contributed by atoms with Crippen LogP contribution in [0.2, 0.25) is 0 Å². The van der Waals surface area contributed by atoms with E-state index in [-0.39, 0.29) is 12.5 Å². The molecule has 0 aliphatic rings. The first-order chi connectivity index (χ1) is 14.5. The molecule has 0 aliphatic heterocycles. The zero-order chi connectivity index (χ0) is 21.5. The maximum absolute atomic E-state index is 12.5. The van der Waals surface area contributed by atoms with Crippen LogP contribution < -0.4 is 10.1 Å². The van der Waals surface area contributed by atoms with E-state index in [1.807, 2.05) is 53.9 Å². The third kappa shape index (κ3) is 5.07. The van der Waals surface area contributed by atoms with Gasteiger partial charge in [-0.15, -0.1) is 11.3 Å². The average Bonchev–Trinajstić information content (AvgIpc) is 3.20. The predicted octanol–water partition coefficient (Wildman–Crippen LogP) is 5.34. The molecule has 0 spiro atoms. The summed E-state index contributed by atoms with van der Waals surface area (Å²) in [6.45, 7) is 4.00. The van der Waals surface area contributed by atoms with Gasteiger partial charge in [0.2, 0.25) is 0 Å². The smallest absolute Gasteiger partial charge is 0.341 e. The van der Waals surface area contributed by atoms with Crippen molar-refractivity contribution in [1.29, 1.82) is 0 Å². The zero-order valence-electron chi connectivity index (χ0n) is 17.4. The highest BCUT2D eigenvalue weighted by Crippen LogP contribution is 2.36. The van der Waals surface area contributed by atoms with Crippen LogP contribution in [0.3, 0.4) is 0 Å². The molecule has 1 N–H and O–H groups in total. The van der Waals surface area contributed by atoms with Crippen molar-refractivity contribution >= 4 is 28.2 Å². The minimum Gasteiger partial charge on any atom is -0.484 e. The maximum Gasteiger partial charge on any atom is 0.341 e. The molecule has 5 nitrogen and oxygen atoms in total. The third-order valence-electron chi connectivity index (χ3n) is 4.78. The number of nitrogens with one attached hydrogen (secondary N) is 1. The molecule has 0 bridgehead atoms. The normalized spacial score (nSPS) is 10.5. The molecule has 1 heterocycles. The van der Waals surface area contributed by atoms with E-state index >= 15 is 0 Å². The second kappa shape index (κ2) is 10.1. The van der Waals surface area contributed by atoms with E-state index in [0.717, 1.165) is 29.5 Å². The second-order valence-corrected chi connectivity index (χ2v) is 7.61. The number of benzene rings is 2. The number of carbonyl (C=O) groups is 2.